The lowest BCUT2D eigenvalue weighted by atomic mass is 10.2. The van der Waals surface area contributed by atoms with Gasteiger partial charge in [0.1, 0.15) is 0 Å². The predicted molar refractivity (Wildman–Crippen MR) is 164 cm³/mol. The number of aliphatic hydroxyl groups is 1. The molecule has 0 saturated heterocycles. The second-order valence-corrected chi connectivity index (χ2v) is 8.86. The fraction of sp³-hybridized carbons (Fsp3) is 0.118. The molecule has 0 aliphatic rings. The molecule has 43 heavy (non-hydrogen) atoms. The molecule has 0 fully saturated rings. The van der Waals surface area contributed by atoms with Gasteiger partial charge in [-0.25, -0.2) is 9.59 Å². The molecule has 0 radical (unpaired) electrons. The second kappa shape index (κ2) is 18.7. The van der Waals surface area contributed by atoms with Gasteiger partial charge < -0.3 is 35.4 Å². The van der Waals surface area contributed by atoms with Crippen LogP contribution in [0, 0.1) is 0 Å². The van der Waals surface area contributed by atoms with Gasteiger partial charge in [0.25, 0.3) is 0 Å². The zero-order valence-electron chi connectivity index (χ0n) is 23.3. The monoisotopic (exact) mass is 586 g/mol. The van der Waals surface area contributed by atoms with E-state index < -0.39 is 11.9 Å². The number of ether oxygens (including phenoxy) is 1. The molecule has 6 N–H and O–H groups in total. The van der Waals surface area contributed by atoms with Crippen molar-refractivity contribution >= 4 is 24.1 Å². The summed E-state index contributed by atoms with van der Waals surface area (Å²) < 4.78 is 5.08. The number of carboxylic acids is 1. The topological polar surface area (TPSA) is 165 Å². The number of aliphatic carboxylic acids is 1. The Hall–Kier alpha value is -5.54. The Kier molecular flexibility index (Phi) is 14.7. The number of carbonyl (C=O) groups excluding carboxylic acids is 1. The van der Waals surface area contributed by atoms with Crippen LogP contribution in [-0.2, 0) is 27.2 Å². The smallest absolute Gasteiger partial charge is 0.330 e. The minimum absolute atomic E-state index is 0.197. The number of phenolic OH excluding ortho intramolecular Hbond substituents is 4. The Morgan fingerprint density at radius 1 is 0.605 bits per heavy atom. The lowest BCUT2D eigenvalue weighted by Crippen LogP contribution is -2.04. The number of benzene rings is 4. The maximum Gasteiger partial charge on any atom is 0.330 e. The van der Waals surface area contributed by atoms with Crippen LogP contribution in [0.25, 0.3) is 12.2 Å². The Labute approximate surface area is 249 Å². The van der Waals surface area contributed by atoms with E-state index in [0.29, 0.717) is 24.2 Å². The highest BCUT2D eigenvalue weighted by Crippen LogP contribution is 2.26. The molecule has 0 aliphatic heterocycles. The van der Waals surface area contributed by atoms with Crippen molar-refractivity contribution in [3.8, 4) is 23.0 Å². The van der Waals surface area contributed by atoms with Crippen molar-refractivity contribution in [2.24, 2.45) is 0 Å². The van der Waals surface area contributed by atoms with Gasteiger partial charge in [-0.2, -0.15) is 0 Å². The molecule has 4 aromatic carbocycles. The van der Waals surface area contributed by atoms with Crippen LogP contribution < -0.4 is 0 Å². The largest absolute Gasteiger partial charge is 0.504 e. The number of esters is 1. The Morgan fingerprint density at radius 2 is 1.07 bits per heavy atom. The maximum atomic E-state index is 11.5. The normalized spacial score (nSPS) is 10.3. The number of phenols is 4. The van der Waals surface area contributed by atoms with Crippen LogP contribution in [0.1, 0.15) is 22.3 Å². The molecular weight excluding hydrogens is 552 g/mol. The van der Waals surface area contributed by atoms with E-state index in [1.54, 1.807) is 6.07 Å². The lowest BCUT2D eigenvalue weighted by Gasteiger charge is -2.02. The Bertz CT molecular complexity index is 1480. The molecule has 0 bridgehead atoms. The number of rotatable bonds is 9. The third-order valence-corrected chi connectivity index (χ3v) is 5.55. The molecule has 4 rings (SSSR count). The zero-order chi connectivity index (χ0) is 31.5. The number of hydrogen-bond acceptors (Lipinski definition) is 8. The molecule has 0 atom stereocenters. The standard InChI is InChI=1S/C17H16O4.C9H8O4.C8H10O/c18-15-8-6-14(12-16(15)19)7-9-17(20)21-11-10-13-4-2-1-3-5-13;10-7-3-1-6(5-8(7)11)2-4-9(12)13;9-7-6-8-4-2-1-3-5-8/h1-9,12,18-19H,10-11H2;1-5,10-11H,(H,12,13);1-5,9H,6-7H2/b9-7+;4-2+;. The SMILES string of the molecule is O=C(/C=C/c1ccc(O)c(O)c1)OCCc1ccccc1.O=C(O)/C=C/c1ccc(O)c(O)c1.OCCc1ccccc1. The molecule has 4 aromatic rings. The molecule has 0 aliphatic carbocycles. The molecule has 0 amide bonds. The molecule has 224 valence electrons. The first-order valence-corrected chi connectivity index (χ1v) is 13.2. The van der Waals surface area contributed by atoms with Crippen molar-refractivity contribution in [1.82, 2.24) is 0 Å². The van der Waals surface area contributed by atoms with E-state index in [4.69, 9.17) is 25.2 Å². The van der Waals surface area contributed by atoms with Gasteiger partial charge in [0.2, 0.25) is 0 Å². The third kappa shape index (κ3) is 14.1. The van der Waals surface area contributed by atoms with Crippen LogP contribution in [0.4, 0.5) is 0 Å². The highest BCUT2D eigenvalue weighted by atomic mass is 16.5. The van der Waals surface area contributed by atoms with Gasteiger partial charge in [0, 0.05) is 25.2 Å². The fourth-order valence-electron chi connectivity index (χ4n) is 3.36. The molecule has 9 heteroatoms. The Morgan fingerprint density at radius 3 is 1.51 bits per heavy atom. The van der Waals surface area contributed by atoms with Gasteiger partial charge in [-0.1, -0.05) is 72.8 Å². The van der Waals surface area contributed by atoms with Crippen molar-refractivity contribution in [2.45, 2.75) is 12.8 Å². The second-order valence-electron chi connectivity index (χ2n) is 8.86. The summed E-state index contributed by atoms with van der Waals surface area (Å²) in [5, 5.41) is 53.3. The maximum absolute atomic E-state index is 11.5. The summed E-state index contributed by atoms with van der Waals surface area (Å²) in [6.45, 7) is 0.554. The summed E-state index contributed by atoms with van der Waals surface area (Å²) in [7, 11) is 0. The first-order chi connectivity index (χ1) is 20.7. The number of carbonyl (C=O) groups is 2. The van der Waals surface area contributed by atoms with Crippen LogP contribution in [-0.4, -0.2) is 55.8 Å². The van der Waals surface area contributed by atoms with Gasteiger partial charge in [0.05, 0.1) is 6.61 Å². The molecule has 0 heterocycles. The molecule has 9 nitrogen and oxygen atoms in total. The first-order valence-electron chi connectivity index (χ1n) is 13.2. The highest BCUT2D eigenvalue weighted by Gasteiger charge is 2.01. The van der Waals surface area contributed by atoms with Crippen LogP contribution in [0.3, 0.4) is 0 Å². The van der Waals surface area contributed by atoms with Crippen LogP contribution >= 0.6 is 0 Å². The first kappa shape index (κ1) is 33.7. The summed E-state index contributed by atoms with van der Waals surface area (Å²) in [5.41, 5.74) is 3.42. The van der Waals surface area contributed by atoms with Crippen LogP contribution in [0.15, 0.2) is 109 Å². The van der Waals surface area contributed by atoms with Crippen molar-refractivity contribution in [3.05, 3.63) is 131 Å². The molecule has 0 saturated carbocycles. The quantitative estimate of drug-likeness (QED) is 0.0866. The van der Waals surface area contributed by atoms with E-state index in [1.165, 1.54) is 54.1 Å². The van der Waals surface area contributed by atoms with Crippen molar-refractivity contribution in [1.29, 1.82) is 0 Å². The van der Waals surface area contributed by atoms with Gasteiger partial charge in [0.15, 0.2) is 23.0 Å². The van der Waals surface area contributed by atoms with Crippen molar-refractivity contribution in [3.63, 3.8) is 0 Å². The van der Waals surface area contributed by atoms with Gasteiger partial charge in [-0.3, -0.25) is 0 Å². The average Bonchev–Trinajstić information content (AvgIpc) is 3.00. The van der Waals surface area contributed by atoms with E-state index in [2.05, 4.69) is 0 Å². The van der Waals surface area contributed by atoms with E-state index in [9.17, 15) is 19.8 Å². The number of aromatic hydroxyl groups is 4. The number of carboxylic acid groups (broad SMARTS) is 1. The zero-order valence-corrected chi connectivity index (χ0v) is 23.3. The van der Waals surface area contributed by atoms with Gasteiger partial charge in [-0.05, 0) is 65.1 Å². The van der Waals surface area contributed by atoms with Crippen molar-refractivity contribution < 1.29 is 45.0 Å². The van der Waals surface area contributed by atoms with E-state index in [1.807, 2.05) is 60.7 Å². The fourth-order valence-corrected chi connectivity index (χ4v) is 3.36. The summed E-state index contributed by atoms with van der Waals surface area (Å²) in [6.07, 6.45) is 6.51. The Balaban J connectivity index is 0.000000249. The predicted octanol–water partition coefficient (Wildman–Crippen LogP) is 5.31. The van der Waals surface area contributed by atoms with Crippen molar-refractivity contribution in [2.75, 3.05) is 13.2 Å². The summed E-state index contributed by atoms with van der Waals surface area (Å²) >= 11 is 0. The molecule has 0 unspecified atom stereocenters. The van der Waals surface area contributed by atoms with Crippen LogP contribution in [0.2, 0.25) is 0 Å². The van der Waals surface area contributed by atoms with E-state index in [-0.39, 0.29) is 29.6 Å². The molecule has 0 spiro atoms. The van der Waals surface area contributed by atoms with E-state index >= 15 is 0 Å². The van der Waals surface area contributed by atoms with Crippen LogP contribution in [0.5, 0.6) is 23.0 Å². The minimum Gasteiger partial charge on any atom is -0.504 e. The lowest BCUT2D eigenvalue weighted by molar-refractivity contribution is -0.137. The summed E-state index contributed by atoms with van der Waals surface area (Å²) in [4.78, 5) is 21.7. The number of aliphatic hydroxyl groups excluding tert-OH is 1. The van der Waals surface area contributed by atoms with E-state index in [0.717, 1.165) is 18.1 Å². The molecule has 0 aromatic heterocycles. The summed E-state index contributed by atoms with van der Waals surface area (Å²) in [6, 6.07) is 28.1. The molecular formula is C34H34O9. The number of hydrogen-bond donors (Lipinski definition) is 6. The summed E-state index contributed by atoms with van der Waals surface area (Å²) in [5.74, 6) is -2.43. The average molecular weight is 587 g/mol. The van der Waals surface area contributed by atoms with Gasteiger partial charge >= 0.3 is 11.9 Å². The van der Waals surface area contributed by atoms with Gasteiger partial charge in [-0.15, -0.1) is 0 Å². The minimum atomic E-state index is -1.06. The third-order valence-electron chi connectivity index (χ3n) is 5.55. The highest BCUT2D eigenvalue weighted by molar-refractivity contribution is 5.87.